The quantitative estimate of drug-likeness (QED) is 0.108. The molecule has 0 rings (SSSR count). The lowest BCUT2D eigenvalue weighted by Crippen LogP contribution is -2.55. The van der Waals surface area contributed by atoms with Crippen LogP contribution in [0.15, 0.2) is 0 Å². The molecule has 0 heterocycles. The Labute approximate surface area is 219 Å². The summed E-state index contributed by atoms with van der Waals surface area (Å²) in [5.74, 6) is -1.76. The summed E-state index contributed by atoms with van der Waals surface area (Å²) >= 11 is 0. The molecule has 0 N–H and O–H groups in total. The van der Waals surface area contributed by atoms with Crippen molar-refractivity contribution in [2.75, 3.05) is 41.0 Å². The van der Waals surface area contributed by atoms with Gasteiger partial charge >= 0.3 is 11.9 Å². The number of likely N-dealkylation sites (N-methyl/N-ethyl adjacent to an activating group) is 1. The third kappa shape index (κ3) is 19.5. The Morgan fingerprint density at radius 3 is 1.75 bits per heavy atom. The summed E-state index contributed by atoms with van der Waals surface area (Å²) in [6, 6.07) is -0.714. The fourth-order valence-electron chi connectivity index (χ4n) is 3.95. The molecule has 0 aromatic heterocycles. The van der Waals surface area contributed by atoms with Gasteiger partial charge in [-0.2, -0.15) is 0 Å². The van der Waals surface area contributed by atoms with Crippen molar-refractivity contribution >= 4 is 17.9 Å². The third-order valence-electron chi connectivity index (χ3n) is 6.24. The summed E-state index contributed by atoms with van der Waals surface area (Å²) in [5.41, 5.74) is 0. The van der Waals surface area contributed by atoms with E-state index in [1.807, 2.05) is 0 Å². The highest BCUT2D eigenvalue weighted by Crippen LogP contribution is 2.12. The number of rotatable bonds is 24. The number of hydrogen-bond acceptors (Lipinski definition) is 7. The Morgan fingerprint density at radius 2 is 1.22 bits per heavy atom. The number of carboxylic acid groups (broad SMARTS) is 1. The Bertz CT molecular complexity index is 589. The molecule has 0 amide bonds. The van der Waals surface area contributed by atoms with Crippen molar-refractivity contribution in [3.05, 3.63) is 0 Å². The summed E-state index contributed by atoms with van der Waals surface area (Å²) in [4.78, 5) is 35.9. The number of carboxylic acids is 1. The first-order valence-corrected chi connectivity index (χ1v) is 14.1. The van der Waals surface area contributed by atoms with E-state index in [0.717, 1.165) is 44.9 Å². The first-order chi connectivity index (χ1) is 17.1. The Kier molecular flexibility index (Phi) is 20.4. The van der Waals surface area contributed by atoms with E-state index < -0.39 is 18.1 Å². The molecule has 0 aromatic rings. The van der Waals surface area contributed by atoms with Crippen LogP contribution in [0, 0.1) is 0 Å². The highest BCUT2D eigenvalue weighted by Gasteiger charge is 2.25. The molecule has 0 saturated heterocycles. The summed E-state index contributed by atoms with van der Waals surface area (Å²) in [7, 11) is 5.36. The number of nitrogens with zero attached hydrogens (tertiary/aromatic N) is 1. The van der Waals surface area contributed by atoms with E-state index >= 15 is 0 Å². The molecule has 0 aliphatic rings. The summed E-state index contributed by atoms with van der Waals surface area (Å²) in [6.07, 6.45) is 13.3. The summed E-state index contributed by atoms with van der Waals surface area (Å²) in [6.45, 7) is 4.47. The normalized spacial score (nSPS) is 13.2. The minimum absolute atomic E-state index is 0.0448. The molecule has 8 nitrogen and oxygen atoms in total. The van der Waals surface area contributed by atoms with E-state index in [0.29, 0.717) is 12.8 Å². The molecule has 2 atom stereocenters. The zero-order valence-corrected chi connectivity index (χ0v) is 23.7. The van der Waals surface area contributed by atoms with Gasteiger partial charge in [-0.1, -0.05) is 78.1 Å². The number of esters is 2. The number of quaternary nitrogens is 1. The van der Waals surface area contributed by atoms with Crippen LogP contribution in [-0.4, -0.2) is 75.5 Å². The number of ether oxygens (including phenoxy) is 3. The Morgan fingerprint density at radius 1 is 0.722 bits per heavy atom. The van der Waals surface area contributed by atoms with Crippen molar-refractivity contribution in [1.82, 2.24) is 0 Å². The zero-order valence-electron chi connectivity index (χ0n) is 23.7. The van der Waals surface area contributed by atoms with Crippen molar-refractivity contribution < 1.29 is 38.2 Å². The van der Waals surface area contributed by atoms with Crippen molar-refractivity contribution in [1.29, 1.82) is 0 Å². The summed E-state index contributed by atoms with van der Waals surface area (Å²) < 4.78 is 16.8. The molecule has 0 aliphatic heterocycles. The van der Waals surface area contributed by atoms with Gasteiger partial charge in [0.2, 0.25) is 0 Å². The molecule has 36 heavy (non-hydrogen) atoms. The second-order valence-electron chi connectivity index (χ2n) is 10.6. The Hall–Kier alpha value is -1.67. The molecule has 0 aromatic carbocycles. The molecule has 2 unspecified atom stereocenters. The van der Waals surface area contributed by atoms with Gasteiger partial charge in [-0.3, -0.25) is 9.59 Å². The highest BCUT2D eigenvalue weighted by molar-refractivity contribution is 5.70. The van der Waals surface area contributed by atoms with Gasteiger partial charge in [0, 0.05) is 19.3 Å². The fraction of sp³-hybridized carbons (Fsp3) is 0.893. The van der Waals surface area contributed by atoms with Crippen LogP contribution in [0.4, 0.5) is 0 Å². The van der Waals surface area contributed by atoms with E-state index in [9.17, 15) is 19.5 Å². The van der Waals surface area contributed by atoms with Crippen LogP contribution in [0.3, 0.4) is 0 Å². The molecule has 0 saturated carbocycles. The number of unbranched alkanes of at least 4 members (excludes halogenated alkanes) is 10. The van der Waals surface area contributed by atoms with Crippen molar-refractivity contribution in [2.24, 2.45) is 0 Å². The topological polar surface area (TPSA) is 102 Å². The largest absolute Gasteiger partial charge is 0.544 e. The van der Waals surface area contributed by atoms with Gasteiger partial charge < -0.3 is 28.6 Å². The number of carbonyl (C=O) groups is 3. The maximum absolute atomic E-state index is 12.4. The molecule has 212 valence electrons. The van der Waals surface area contributed by atoms with Gasteiger partial charge in [-0.25, -0.2) is 0 Å². The predicted octanol–water partition coefficient (Wildman–Crippen LogP) is 4.17. The van der Waals surface area contributed by atoms with Crippen LogP contribution in [0.5, 0.6) is 0 Å². The van der Waals surface area contributed by atoms with Gasteiger partial charge in [0.15, 0.2) is 6.10 Å². The number of hydrogen-bond donors (Lipinski definition) is 0. The minimum atomic E-state index is -1.13. The van der Waals surface area contributed by atoms with Gasteiger partial charge in [0.05, 0.1) is 40.3 Å². The van der Waals surface area contributed by atoms with Gasteiger partial charge in [0.25, 0.3) is 0 Å². The molecular formula is C28H53NO7. The van der Waals surface area contributed by atoms with Crippen LogP contribution in [0.2, 0.25) is 0 Å². The molecule has 0 bridgehead atoms. The predicted molar refractivity (Wildman–Crippen MR) is 139 cm³/mol. The van der Waals surface area contributed by atoms with Crippen molar-refractivity contribution in [2.45, 2.75) is 122 Å². The molecule has 0 aliphatic carbocycles. The maximum Gasteiger partial charge on any atom is 0.306 e. The lowest BCUT2D eigenvalue weighted by Gasteiger charge is -2.34. The zero-order chi connectivity index (χ0) is 27.2. The smallest absolute Gasteiger partial charge is 0.306 e. The van der Waals surface area contributed by atoms with Gasteiger partial charge in [-0.15, -0.1) is 0 Å². The van der Waals surface area contributed by atoms with Crippen molar-refractivity contribution in [3.8, 4) is 0 Å². The first kappa shape index (κ1) is 34.3. The van der Waals surface area contributed by atoms with E-state index in [2.05, 4.69) is 13.8 Å². The van der Waals surface area contributed by atoms with Crippen LogP contribution in [0.1, 0.15) is 110 Å². The third-order valence-corrected chi connectivity index (χ3v) is 6.24. The minimum Gasteiger partial charge on any atom is -0.544 e. The second kappa shape index (κ2) is 21.4. The monoisotopic (exact) mass is 515 g/mol. The molecule has 0 radical (unpaired) electrons. The lowest BCUT2D eigenvalue weighted by atomic mass is 10.1. The maximum atomic E-state index is 12.4. The molecular weight excluding hydrogens is 462 g/mol. The van der Waals surface area contributed by atoms with E-state index in [1.54, 1.807) is 21.1 Å². The van der Waals surface area contributed by atoms with Crippen LogP contribution in [-0.2, 0) is 28.6 Å². The van der Waals surface area contributed by atoms with Gasteiger partial charge in [0.1, 0.15) is 12.6 Å². The molecule has 0 fully saturated rings. The highest BCUT2D eigenvalue weighted by atomic mass is 16.6. The van der Waals surface area contributed by atoms with E-state index in [4.69, 9.17) is 14.2 Å². The SMILES string of the molecule is CCCCCCCCCCC(=O)OC(COCCC(C(=O)[O-])[N+](C)(C)C)COC(=O)CCCCCC. The second-order valence-corrected chi connectivity index (χ2v) is 10.6. The molecule has 0 spiro atoms. The van der Waals surface area contributed by atoms with Gasteiger partial charge in [-0.05, 0) is 12.8 Å². The lowest BCUT2D eigenvalue weighted by molar-refractivity contribution is -0.889. The summed E-state index contributed by atoms with van der Waals surface area (Å²) in [5, 5.41) is 11.4. The van der Waals surface area contributed by atoms with E-state index in [1.165, 1.54) is 32.1 Å². The standard InChI is InChI=1S/C28H53NO7/c1-6-8-10-12-13-14-15-17-19-27(31)36-24(23-35-26(30)18-16-11-9-7-2)22-34-21-20-25(28(32)33)29(3,4)5/h24-25H,6-23H2,1-5H3. The fourth-order valence-corrected chi connectivity index (χ4v) is 3.95. The Balaban J connectivity index is 4.53. The first-order valence-electron chi connectivity index (χ1n) is 14.1. The van der Waals surface area contributed by atoms with E-state index in [-0.39, 0.29) is 42.7 Å². The average molecular weight is 516 g/mol. The number of aliphatic carboxylic acids is 1. The number of carbonyl (C=O) groups excluding carboxylic acids is 3. The molecule has 8 heteroatoms. The van der Waals surface area contributed by atoms with Crippen LogP contribution < -0.4 is 5.11 Å². The average Bonchev–Trinajstić information content (AvgIpc) is 2.80. The van der Waals surface area contributed by atoms with Crippen molar-refractivity contribution in [3.63, 3.8) is 0 Å². The van der Waals surface area contributed by atoms with Crippen LogP contribution in [0.25, 0.3) is 0 Å². The van der Waals surface area contributed by atoms with Crippen LogP contribution >= 0.6 is 0 Å².